The summed E-state index contributed by atoms with van der Waals surface area (Å²) in [5.74, 6) is -1.64. The van der Waals surface area contributed by atoms with Crippen molar-refractivity contribution < 1.29 is 35.9 Å². The molecule has 4 unspecified atom stereocenters. The molecular formula is C36H32Br2F6O2. The minimum absolute atomic E-state index is 0.110. The molecule has 0 spiro atoms. The van der Waals surface area contributed by atoms with Gasteiger partial charge in [0.1, 0.15) is 11.6 Å². The van der Waals surface area contributed by atoms with Crippen molar-refractivity contribution in [1.82, 2.24) is 0 Å². The molecular weight excluding hydrogens is 738 g/mol. The molecule has 0 saturated carbocycles. The van der Waals surface area contributed by atoms with E-state index in [-0.39, 0.29) is 23.4 Å². The number of ketones is 2. The van der Waals surface area contributed by atoms with Crippen LogP contribution >= 0.6 is 31.9 Å². The van der Waals surface area contributed by atoms with Gasteiger partial charge in [-0.2, -0.15) is 26.3 Å². The quantitative estimate of drug-likeness (QED) is 0.167. The van der Waals surface area contributed by atoms with E-state index in [1.165, 1.54) is 24.3 Å². The first-order valence-corrected chi connectivity index (χ1v) is 15.9. The van der Waals surface area contributed by atoms with Crippen LogP contribution in [-0.4, -0.2) is 11.6 Å². The molecule has 4 rings (SSSR count). The molecule has 0 radical (unpaired) electrons. The third-order valence-electron chi connectivity index (χ3n) is 7.88. The number of hydrogen-bond acceptors (Lipinski definition) is 2. The van der Waals surface area contributed by atoms with Gasteiger partial charge in [-0.05, 0) is 70.8 Å². The fourth-order valence-electron chi connectivity index (χ4n) is 4.88. The van der Waals surface area contributed by atoms with Gasteiger partial charge in [-0.25, -0.2) is 0 Å². The summed E-state index contributed by atoms with van der Waals surface area (Å²) in [4.78, 5) is 25.2. The maximum atomic E-state index is 12.6. The van der Waals surface area contributed by atoms with Gasteiger partial charge in [0.25, 0.3) is 0 Å². The number of rotatable bonds is 8. The van der Waals surface area contributed by atoms with Crippen LogP contribution in [0.5, 0.6) is 0 Å². The molecule has 0 aliphatic carbocycles. The lowest BCUT2D eigenvalue weighted by atomic mass is 9.85. The maximum absolute atomic E-state index is 12.6. The number of carbonyl (C=O) groups is 2. The molecule has 4 atom stereocenters. The van der Waals surface area contributed by atoms with Crippen LogP contribution in [0.3, 0.4) is 0 Å². The monoisotopic (exact) mass is 768 g/mol. The molecule has 0 saturated heterocycles. The van der Waals surface area contributed by atoms with Gasteiger partial charge in [-0.3, -0.25) is 9.59 Å². The highest BCUT2D eigenvalue weighted by Gasteiger charge is 2.32. The largest absolute Gasteiger partial charge is 0.416 e. The Hall–Kier alpha value is -3.24. The van der Waals surface area contributed by atoms with E-state index in [1.807, 2.05) is 62.4 Å². The zero-order chi connectivity index (χ0) is 34.4. The number of benzene rings is 4. The van der Waals surface area contributed by atoms with Crippen LogP contribution in [0.25, 0.3) is 0 Å². The SMILES string of the molecule is CC(C(=O)C(C)c1ccc(C(F)(F)F)cc1)c1ccc(C(F)(F)F)cc1.CC(C(=O)C(C)c1cccc(Br)c1)c1cccc(Br)c1. The van der Waals surface area contributed by atoms with Crippen molar-refractivity contribution in [1.29, 1.82) is 0 Å². The van der Waals surface area contributed by atoms with Crippen LogP contribution in [-0.2, 0) is 21.9 Å². The summed E-state index contributed by atoms with van der Waals surface area (Å²) < 4.78 is 77.6. The normalized spacial score (nSPS) is 14.3. The molecule has 0 heterocycles. The van der Waals surface area contributed by atoms with Gasteiger partial charge in [0, 0.05) is 32.6 Å². The van der Waals surface area contributed by atoms with Gasteiger partial charge in [0.2, 0.25) is 0 Å². The van der Waals surface area contributed by atoms with Crippen molar-refractivity contribution in [2.24, 2.45) is 0 Å². The molecule has 0 N–H and O–H groups in total. The van der Waals surface area contributed by atoms with Crippen molar-refractivity contribution in [3.8, 4) is 0 Å². The highest BCUT2D eigenvalue weighted by Crippen LogP contribution is 2.34. The average Bonchev–Trinajstić information content (AvgIpc) is 3.02. The number of hydrogen-bond donors (Lipinski definition) is 0. The zero-order valence-corrected chi connectivity index (χ0v) is 28.6. The fourth-order valence-corrected chi connectivity index (χ4v) is 5.71. The standard InChI is InChI=1S/C19H16F6O.C17H16Br2O/c1-11(13-3-7-15(8-4-13)18(20,21)22)17(26)12(2)14-5-9-16(10-6-14)19(23,24)25;1-11(13-5-3-7-15(18)9-13)17(20)12(2)14-6-4-8-16(19)10-14/h3-12H,1-2H3;3-12H,1-2H3. The summed E-state index contributed by atoms with van der Waals surface area (Å²) in [6.07, 6.45) is -8.92. The molecule has 46 heavy (non-hydrogen) atoms. The minimum Gasteiger partial charge on any atom is -0.298 e. The van der Waals surface area contributed by atoms with Gasteiger partial charge in [0.05, 0.1) is 11.1 Å². The molecule has 0 fully saturated rings. The van der Waals surface area contributed by atoms with Crippen molar-refractivity contribution in [2.75, 3.05) is 0 Å². The topological polar surface area (TPSA) is 34.1 Å². The van der Waals surface area contributed by atoms with Gasteiger partial charge >= 0.3 is 12.4 Å². The third-order valence-corrected chi connectivity index (χ3v) is 8.87. The van der Waals surface area contributed by atoms with E-state index < -0.39 is 35.3 Å². The summed E-state index contributed by atoms with van der Waals surface area (Å²) >= 11 is 6.91. The molecule has 0 aliphatic rings. The van der Waals surface area contributed by atoms with E-state index >= 15 is 0 Å². The minimum atomic E-state index is -4.46. The molecule has 0 aliphatic heterocycles. The van der Waals surface area contributed by atoms with E-state index in [0.29, 0.717) is 11.1 Å². The maximum Gasteiger partial charge on any atom is 0.416 e. The van der Waals surface area contributed by atoms with Crippen LogP contribution < -0.4 is 0 Å². The van der Waals surface area contributed by atoms with E-state index in [9.17, 15) is 35.9 Å². The van der Waals surface area contributed by atoms with Gasteiger partial charge < -0.3 is 0 Å². The predicted molar refractivity (Wildman–Crippen MR) is 175 cm³/mol. The number of carbonyl (C=O) groups excluding carboxylic acids is 2. The second kappa shape index (κ2) is 15.6. The molecule has 0 bridgehead atoms. The van der Waals surface area contributed by atoms with Crippen molar-refractivity contribution in [2.45, 2.75) is 63.7 Å². The summed E-state index contributed by atoms with van der Waals surface area (Å²) in [6, 6.07) is 24.5. The zero-order valence-electron chi connectivity index (χ0n) is 25.4. The van der Waals surface area contributed by atoms with Crippen molar-refractivity contribution >= 4 is 43.4 Å². The number of alkyl halides is 6. The molecule has 244 valence electrons. The van der Waals surface area contributed by atoms with Crippen LogP contribution in [0, 0.1) is 0 Å². The fraction of sp³-hybridized carbons (Fsp3) is 0.278. The smallest absolute Gasteiger partial charge is 0.298 e. The molecule has 4 aromatic carbocycles. The second-order valence-corrected chi connectivity index (χ2v) is 12.9. The first-order chi connectivity index (χ1) is 21.4. The molecule has 2 nitrogen and oxygen atoms in total. The summed E-state index contributed by atoms with van der Waals surface area (Å²) in [6.45, 7) is 7.06. The van der Waals surface area contributed by atoms with Gasteiger partial charge in [0.15, 0.2) is 0 Å². The summed E-state index contributed by atoms with van der Waals surface area (Å²) in [7, 11) is 0. The van der Waals surface area contributed by atoms with E-state index in [0.717, 1.165) is 44.3 Å². The summed E-state index contributed by atoms with van der Waals surface area (Å²) in [5, 5.41) is 0. The molecule has 0 aromatic heterocycles. The highest BCUT2D eigenvalue weighted by molar-refractivity contribution is 9.10. The van der Waals surface area contributed by atoms with Crippen LogP contribution in [0.2, 0.25) is 0 Å². The first kappa shape index (κ1) is 37.2. The van der Waals surface area contributed by atoms with Crippen molar-refractivity contribution in [3.63, 3.8) is 0 Å². The predicted octanol–water partition coefficient (Wildman–Crippen LogP) is 11.9. The van der Waals surface area contributed by atoms with Crippen LogP contribution in [0.15, 0.2) is 106 Å². The number of halogens is 8. The third kappa shape index (κ3) is 9.88. The Kier molecular flexibility index (Phi) is 12.6. The van der Waals surface area contributed by atoms with Crippen molar-refractivity contribution in [3.05, 3.63) is 139 Å². The van der Waals surface area contributed by atoms with Crippen LogP contribution in [0.1, 0.15) is 84.7 Å². The highest BCUT2D eigenvalue weighted by atomic mass is 79.9. The van der Waals surface area contributed by atoms with E-state index in [2.05, 4.69) is 31.9 Å². The summed E-state index contributed by atoms with van der Waals surface area (Å²) in [5.41, 5.74) is 1.31. The molecule has 10 heteroatoms. The Morgan fingerprint density at radius 1 is 0.478 bits per heavy atom. The lowest BCUT2D eigenvalue weighted by Crippen LogP contribution is -2.17. The Bertz CT molecular complexity index is 1510. The Labute approximate surface area is 281 Å². The lowest BCUT2D eigenvalue weighted by Gasteiger charge is -2.18. The average molecular weight is 770 g/mol. The van der Waals surface area contributed by atoms with Gasteiger partial charge in [-0.15, -0.1) is 0 Å². The second-order valence-electron chi connectivity index (χ2n) is 11.0. The first-order valence-electron chi connectivity index (χ1n) is 14.3. The molecule has 0 amide bonds. The van der Waals surface area contributed by atoms with Gasteiger partial charge in [-0.1, -0.05) is 108 Å². The number of Topliss-reactive ketones (excluding diaryl/α,β-unsaturated/α-hetero) is 2. The molecule has 4 aromatic rings. The van der Waals surface area contributed by atoms with E-state index in [1.54, 1.807) is 13.8 Å². The Morgan fingerprint density at radius 2 is 0.761 bits per heavy atom. The Balaban J connectivity index is 0.000000259. The Morgan fingerprint density at radius 3 is 1.02 bits per heavy atom. The van der Waals surface area contributed by atoms with Crippen LogP contribution in [0.4, 0.5) is 26.3 Å². The lowest BCUT2D eigenvalue weighted by molar-refractivity contribution is -0.138. The van der Waals surface area contributed by atoms with E-state index in [4.69, 9.17) is 0 Å².